The van der Waals surface area contributed by atoms with E-state index in [9.17, 15) is 4.79 Å². The molecule has 1 atom stereocenters. The van der Waals surface area contributed by atoms with Gasteiger partial charge in [-0.1, -0.05) is 25.6 Å². The fraction of sp³-hybridized carbons (Fsp3) is 0.786. The Balaban J connectivity index is 2.75. The van der Waals surface area contributed by atoms with Crippen LogP contribution in [-0.4, -0.2) is 39.2 Å². The Morgan fingerprint density at radius 1 is 1.36 bits per heavy atom. The van der Waals surface area contributed by atoms with E-state index < -0.39 is 11.7 Å². The van der Waals surface area contributed by atoms with Crippen LogP contribution in [-0.2, 0) is 4.74 Å². The molecule has 0 aliphatic heterocycles. The fourth-order valence-electron chi connectivity index (χ4n) is 1.55. The number of carbonyl (C=O) groups is 1. The predicted molar refractivity (Wildman–Crippen MR) is 90.4 cm³/mol. The number of rotatable bonds is 7. The van der Waals surface area contributed by atoms with E-state index in [0.717, 1.165) is 5.75 Å². The van der Waals surface area contributed by atoms with Crippen LogP contribution < -0.4 is 5.32 Å². The maximum Gasteiger partial charge on any atom is 0.408 e. The summed E-state index contributed by atoms with van der Waals surface area (Å²) in [5, 5.41) is 11.8. The molecule has 1 heterocycles. The number of thioether (sulfide) groups is 2. The van der Waals surface area contributed by atoms with E-state index in [1.807, 2.05) is 27.0 Å². The van der Waals surface area contributed by atoms with Crippen LogP contribution in [0.25, 0.3) is 0 Å². The van der Waals surface area contributed by atoms with Crippen molar-refractivity contribution in [3.63, 3.8) is 0 Å². The first kappa shape index (κ1) is 19.2. The number of hydrogen-bond acceptors (Lipinski definition) is 7. The van der Waals surface area contributed by atoms with Gasteiger partial charge in [-0.3, -0.25) is 0 Å². The van der Waals surface area contributed by atoms with Gasteiger partial charge < -0.3 is 14.5 Å². The van der Waals surface area contributed by atoms with Gasteiger partial charge in [0.05, 0.1) is 0 Å². The highest BCUT2D eigenvalue weighted by molar-refractivity contribution is 7.99. The molecule has 126 valence electrons. The quantitative estimate of drug-likeness (QED) is 0.750. The second kappa shape index (κ2) is 8.67. The van der Waals surface area contributed by atoms with Crippen LogP contribution in [0.15, 0.2) is 9.64 Å². The summed E-state index contributed by atoms with van der Waals surface area (Å²) in [5.41, 5.74) is -0.540. The van der Waals surface area contributed by atoms with Crippen LogP contribution in [0.2, 0.25) is 0 Å². The minimum absolute atomic E-state index is 0.337. The molecule has 0 aromatic carbocycles. The zero-order valence-electron chi connectivity index (χ0n) is 14.0. The van der Waals surface area contributed by atoms with Gasteiger partial charge in [0.25, 0.3) is 5.22 Å². The number of nitrogens with zero attached hydrogens (tertiary/aromatic N) is 2. The molecule has 6 nitrogen and oxygen atoms in total. The van der Waals surface area contributed by atoms with Crippen molar-refractivity contribution in [3.05, 3.63) is 5.89 Å². The van der Waals surface area contributed by atoms with Gasteiger partial charge in [-0.25, -0.2) is 4.79 Å². The lowest BCUT2D eigenvalue weighted by molar-refractivity contribution is 0.0493. The standard InChI is InChI=1S/C14H25N3O3S2/c1-9(2)22-13-17-16-11(19-13)10(7-8-21-6)15-12(18)20-14(3,4)5/h9-10H,7-8H2,1-6H3,(H,15,18)/t10-/m1/s1. The highest BCUT2D eigenvalue weighted by Crippen LogP contribution is 2.25. The van der Waals surface area contributed by atoms with E-state index in [1.54, 1.807) is 11.8 Å². The summed E-state index contributed by atoms with van der Waals surface area (Å²) in [5.74, 6) is 1.29. The topological polar surface area (TPSA) is 77.2 Å². The van der Waals surface area contributed by atoms with Gasteiger partial charge in [-0.15, -0.1) is 10.2 Å². The summed E-state index contributed by atoms with van der Waals surface area (Å²) in [6, 6.07) is -0.337. The molecule has 0 unspecified atom stereocenters. The first-order chi connectivity index (χ1) is 10.2. The summed E-state index contributed by atoms with van der Waals surface area (Å²) >= 11 is 3.20. The van der Waals surface area contributed by atoms with Crippen LogP contribution in [0, 0.1) is 0 Å². The Bertz CT molecular complexity index is 472. The Hall–Kier alpha value is -0.890. The van der Waals surface area contributed by atoms with E-state index in [4.69, 9.17) is 9.15 Å². The van der Waals surface area contributed by atoms with Crippen molar-refractivity contribution in [1.82, 2.24) is 15.5 Å². The van der Waals surface area contributed by atoms with Crippen LogP contribution in [0.1, 0.15) is 53.0 Å². The maximum atomic E-state index is 12.0. The fourth-order valence-corrected chi connectivity index (χ4v) is 2.65. The first-order valence-electron chi connectivity index (χ1n) is 7.19. The molecule has 0 aliphatic carbocycles. The number of carbonyl (C=O) groups excluding carboxylic acids is 1. The van der Waals surface area contributed by atoms with E-state index >= 15 is 0 Å². The smallest absolute Gasteiger partial charge is 0.408 e. The normalized spacial score (nSPS) is 13.2. The van der Waals surface area contributed by atoms with Crippen molar-refractivity contribution >= 4 is 29.6 Å². The molecule has 1 aromatic rings. The van der Waals surface area contributed by atoms with Crippen LogP contribution in [0.3, 0.4) is 0 Å². The molecule has 1 rings (SSSR count). The van der Waals surface area contributed by atoms with Gasteiger partial charge in [-0.2, -0.15) is 11.8 Å². The van der Waals surface area contributed by atoms with E-state index in [0.29, 0.717) is 22.8 Å². The molecule has 1 N–H and O–H groups in total. The summed E-state index contributed by atoms with van der Waals surface area (Å²) in [7, 11) is 0. The van der Waals surface area contributed by atoms with Crippen molar-refractivity contribution in [2.45, 2.75) is 63.2 Å². The van der Waals surface area contributed by atoms with Crippen molar-refractivity contribution in [2.24, 2.45) is 0 Å². The third kappa shape index (κ3) is 7.40. The Morgan fingerprint density at radius 2 is 2.05 bits per heavy atom. The van der Waals surface area contributed by atoms with E-state index in [1.165, 1.54) is 11.8 Å². The van der Waals surface area contributed by atoms with Gasteiger partial charge in [-0.05, 0) is 39.2 Å². The average Bonchev–Trinajstić information content (AvgIpc) is 2.79. The highest BCUT2D eigenvalue weighted by atomic mass is 32.2. The van der Waals surface area contributed by atoms with Gasteiger partial charge in [0.2, 0.25) is 5.89 Å². The minimum Gasteiger partial charge on any atom is -0.444 e. The number of ether oxygens (including phenoxy) is 1. The third-order valence-electron chi connectivity index (χ3n) is 2.36. The lowest BCUT2D eigenvalue weighted by Gasteiger charge is -2.22. The SMILES string of the molecule is CSCC[C@@H](NC(=O)OC(C)(C)C)c1nnc(SC(C)C)o1. The van der Waals surface area contributed by atoms with Gasteiger partial charge in [0.15, 0.2) is 0 Å². The van der Waals surface area contributed by atoms with Crippen molar-refractivity contribution < 1.29 is 13.9 Å². The van der Waals surface area contributed by atoms with Crippen LogP contribution in [0.5, 0.6) is 0 Å². The van der Waals surface area contributed by atoms with Crippen molar-refractivity contribution in [3.8, 4) is 0 Å². The zero-order valence-corrected chi connectivity index (χ0v) is 15.6. The molecule has 0 bridgehead atoms. The maximum absolute atomic E-state index is 12.0. The molecule has 1 aromatic heterocycles. The van der Waals surface area contributed by atoms with Crippen LogP contribution >= 0.6 is 23.5 Å². The minimum atomic E-state index is -0.540. The second-order valence-corrected chi connectivity index (χ2v) is 8.57. The molecule has 0 saturated carbocycles. The molecular weight excluding hydrogens is 322 g/mol. The number of amides is 1. The third-order valence-corrected chi connectivity index (χ3v) is 3.84. The molecule has 0 spiro atoms. The van der Waals surface area contributed by atoms with E-state index in [2.05, 4.69) is 29.4 Å². The second-order valence-electron chi connectivity index (χ2n) is 6.05. The molecule has 0 saturated heterocycles. The summed E-state index contributed by atoms with van der Waals surface area (Å²) in [6.45, 7) is 9.59. The van der Waals surface area contributed by atoms with Gasteiger partial charge in [0.1, 0.15) is 11.6 Å². The molecule has 1 amide bonds. The molecule has 22 heavy (non-hydrogen) atoms. The summed E-state index contributed by atoms with van der Waals surface area (Å²) in [6.07, 6.45) is 2.24. The van der Waals surface area contributed by atoms with Crippen LogP contribution in [0.4, 0.5) is 4.79 Å². The molecular formula is C14H25N3O3S2. The zero-order chi connectivity index (χ0) is 16.8. The number of nitrogens with one attached hydrogen (secondary N) is 1. The first-order valence-corrected chi connectivity index (χ1v) is 9.47. The Labute approximate surface area is 140 Å². The Morgan fingerprint density at radius 3 is 2.59 bits per heavy atom. The average molecular weight is 348 g/mol. The summed E-state index contributed by atoms with van der Waals surface area (Å²) < 4.78 is 10.9. The lowest BCUT2D eigenvalue weighted by Crippen LogP contribution is -2.35. The summed E-state index contributed by atoms with van der Waals surface area (Å²) in [4.78, 5) is 12.0. The number of hydrogen-bond donors (Lipinski definition) is 1. The lowest BCUT2D eigenvalue weighted by atomic mass is 10.2. The molecule has 0 fully saturated rings. The molecule has 8 heteroatoms. The number of aromatic nitrogens is 2. The van der Waals surface area contributed by atoms with Gasteiger partial charge in [0, 0.05) is 5.25 Å². The Kier molecular flexibility index (Phi) is 7.55. The predicted octanol–water partition coefficient (Wildman–Crippen LogP) is 3.89. The number of alkyl carbamates (subject to hydrolysis) is 1. The molecule has 0 aliphatic rings. The van der Waals surface area contributed by atoms with Crippen molar-refractivity contribution in [1.29, 1.82) is 0 Å². The largest absolute Gasteiger partial charge is 0.444 e. The van der Waals surface area contributed by atoms with Gasteiger partial charge >= 0.3 is 6.09 Å². The highest BCUT2D eigenvalue weighted by Gasteiger charge is 2.24. The van der Waals surface area contributed by atoms with Crippen molar-refractivity contribution in [2.75, 3.05) is 12.0 Å². The monoisotopic (exact) mass is 347 g/mol. The molecule has 0 radical (unpaired) electrons. The van der Waals surface area contributed by atoms with E-state index in [-0.39, 0.29) is 6.04 Å².